The second kappa shape index (κ2) is 5.97. The first-order chi connectivity index (χ1) is 10.9. The van der Waals surface area contributed by atoms with Gasteiger partial charge in [-0.2, -0.15) is 0 Å². The second-order valence-corrected chi connectivity index (χ2v) is 6.44. The molecule has 2 aromatic rings. The van der Waals surface area contributed by atoms with Crippen molar-refractivity contribution in [1.29, 1.82) is 0 Å². The molecule has 4 rings (SSSR count). The van der Waals surface area contributed by atoms with E-state index in [0.29, 0.717) is 12.0 Å². The molecule has 2 aliphatic heterocycles. The first kappa shape index (κ1) is 14.2. The summed E-state index contributed by atoms with van der Waals surface area (Å²) in [6.45, 7) is 7.35. The van der Waals surface area contributed by atoms with Gasteiger partial charge in [0.15, 0.2) is 5.65 Å². The predicted octanol–water partition coefficient (Wildman–Crippen LogP) is 2.59. The summed E-state index contributed by atoms with van der Waals surface area (Å²) in [5, 5.41) is 0. The highest BCUT2D eigenvalue weighted by atomic mass is 16.5. The van der Waals surface area contributed by atoms with Gasteiger partial charge in [-0.05, 0) is 44.5 Å². The minimum atomic E-state index is 0.395. The van der Waals surface area contributed by atoms with Crippen molar-refractivity contribution in [3.63, 3.8) is 0 Å². The van der Waals surface area contributed by atoms with E-state index in [0.717, 1.165) is 43.9 Å². The minimum absolute atomic E-state index is 0.395. The first-order valence-corrected chi connectivity index (χ1v) is 8.49. The molecule has 4 heterocycles. The molecule has 5 heteroatoms. The van der Waals surface area contributed by atoms with E-state index < -0.39 is 0 Å². The average molecular weight is 300 g/mol. The van der Waals surface area contributed by atoms with Crippen LogP contribution in [0.4, 0.5) is 0 Å². The summed E-state index contributed by atoms with van der Waals surface area (Å²) >= 11 is 0. The van der Waals surface area contributed by atoms with Crippen LogP contribution in [0.25, 0.3) is 11.2 Å². The molecule has 2 atom stereocenters. The van der Waals surface area contributed by atoms with Crippen LogP contribution in [-0.4, -0.2) is 52.3 Å². The van der Waals surface area contributed by atoms with Gasteiger partial charge in [0.1, 0.15) is 11.3 Å². The van der Waals surface area contributed by atoms with Crippen LogP contribution in [0.15, 0.2) is 18.3 Å². The number of ether oxygens (including phenoxy) is 1. The molecule has 5 nitrogen and oxygen atoms in total. The quantitative estimate of drug-likeness (QED) is 0.874. The molecule has 0 spiro atoms. The third kappa shape index (κ3) is 2.42. The molecule has 2 saturated heterocycles. The molecule has 0 aliphatic carbocycles. The summed E-state index contributed by atoms with van der Waals surface area (Å²) in [4.78, 5) is 12.1. The number of likely N-dealkylation sites (N-methyl/N-ethyl adjacent to an activating group) is 1. The Balaban J connectivity index is 1.77. The van der Waals surface area contributed by atoms with Crippen LogP contribution < -0.4 is 0 Å². The summed E-state index contributed by atoms with van der Waals surface area (Å²) in [6.07, 6.45) is 5.43. The summed E-state index contributed by atoms with van der Waals surface area (Å²) in [5.41, 5.74) is 2.06. The predicted molar refractivity (Wildman–Crippen MR) is 86.1 cm³/mol. The minimum Gasteiger partial charge on any atom is -0.379 e. The van der Waals surface area contributed by atoms with Gasteiger partial charge in [-0.15, -0.1) is 0 Å². The zero-order chi connectivity index (χ0) is 14.9. The highest BCUT2D eigenvalue weighted by Crippen LogP contribution is 2.33. The molecule has 118 valence electrons. The first-order valence-electron chi connectivity index (χ1n) is 8.49. The third-order valence-corrected chi connectivity index (χ3v) is 5.06. The number of rotatable bonds is 3. The lowest BCUT2D eigenvalue weighted by atomic mass is 9.97. The van der Waals surface area contributed by atoms with Gasteiger partial charge in [0.2, 0.25) is 0 Å². The van der Waals surface area contributed by atoms with Crippen molar-refractivity contribution < 1.29 is 4.74 Å². The molecule has 2 aliphatic rings. The lowest BCUT2D eigenvalue weighted by Gasteiger charge is -2.32. The largest absolute Gasteiger partial charge is 0.379 e. The van der Waals surface area contributed by atoms with Gasteiger partial charge in [-0.1, -0.05) is 6.92 Å². The Labute approximate surface area is 131 Å². The van der Waals surface area contributed by atoms with Crippen molar-refractivity contribution in [2.45, 2.75) is 38.1 Å². The van der Waals surface area contributed by atoms with Crippen LogP contribution in [0.5, 0.6) is 0 Å². The number of likely N-dealkylation sites (tertiary alicyclic amines) is 1. The topological polar surface area (TPSA) is 43.2 Å². The fraction of sp³-hybridized carbons (Fsp3) is 0.647. The number of aromatic nitrogens is 3. The van der Waals surface area contributed by atoms with Crippen LogP contribution in [0.1, 0.15) is 44.0 Å². The smallest absolute Gasteiger partial charge is 0.160 e. The van der Waals surface area contributed by atoms with Gasteiger partial charge in [0.25, 0.3) is 0 Å². The second-order valence-electron chi connectivity index (χ2n) is 6.44. The van der Waals surface area contributed by atoms with Gasteiger partial charge in [-0.25, -0.2) is 9.97 Å². The number of hydrogen-bond acceptors (Lipinski definition) is 4. The van der Waals surface area contributed by atoms with E-state index in [1.165, 1.54) is 25.2 Å². The van der Waals surface area contributed by atoms with Crippen LogP contribution in [0.3, 0.4) is 0 Å². The number of fused-ring (bicyclic) bond motifs is 1. The molecule has 0 saturated carbocycles. The van der Waals surface area contributed by atoms with E-state index >= 15 is 0 Å². The Morgan fingerprint density at radius 2 is 2.32 bits per heavy atom. The van der Waals surface area contributed by atoms with Crippen molar-refractivity contribution in [2.24, 2.45) is 0 Å². The molecule has 2 aromatic heterocycles. The van der Waals surface area contributed by atoms with Crippen molar-refractivity contribution >= 4 is 11.2 Å². The molecule has 2 unspecified atom stereocenters. The Hall–Kier alpha value is -1.46. The number of pyridine rings is 1. The maximum Gasteiger partial charge on any atom is 0.160 e. The fourth-order valence-corrected chi connectivity index (χ4v) is 3.87. The number of hydrogen-bond donors (Lipinski definition) is 0. The highest BCUT2D eigenvalue weighted by molar-refractivity contribution is 5.71. The number of imidazole rings is 1. The summed E-state index contributed by atoms with van der Waals surface area (Å²) < 4.78 is 8.01. The van der Waals surface area contributed by atoms with Crippen molar-refractivity contribution in [3.05, 3.63) is 24.2 Å². The zero-order valence-corrected chi connectivity index (χ0v) is 13.2. The Morgan fingerprint density at radius 3 is 3.14 bits per heavy atom. The SMILES string of the molecule is CCN1CCCC(c2nc3cccnc3n2C2CCOC2)C1. The molecule has 0 amide bonds. The van der Waals surface area contributed by atoms with Crippen LogP contribution in [0, 0.1) is 0 Å². The normalized spacial score (nSPS) is 26.8. The number of piperidine rings is 1. The van der Waals surface area contributed by atoms with Gasteiger partial charge >= 0.3 is 0 Å². The van der Waals surface area contributed by atoms with E-state index in [1.54, 1.807) is 0 Å². The molecule has 0 radical (unpaired) electrons. The van der Waals surface area contributed by atoms with Gasteiger partial charge in [-0.3, -0.25) is 0 Å². The Kier molecular flexibility index (Phi) is 3.84. The van der Waals surface area contributed by atoms with E-state index in [2.05, 4.69) is 27.4 Å². The molecule has 0 bridgehead atoms. The molecule has 22 heavy (non-hydrogen) atoms. The zero-order valence-electron chi connectivity index (χ0n) is 13.2. The van der Waals surface area contributed by atoms with Crippen molar-refractivity contribution in [3.8, 4) is 0 Å². The van der Waals surface area contributed by atoms with E-state index in [1.807, 2.05) is 12.3 Å². The summed E-state index contributed by atoms with van der Waals surface area (Å²) in [7, 11) is 0. The molecular formula is C17H24N4O. The lowest BCUT2D eigenvalue weighted by Crippen LogP contribution is -2.35. The van der Waals surface area contributed by atoms with Gasteiger partial charge in [0.05, 0.1) is 12.6 Å². The molecule has 0 N–H and O–H groups in total. The van der Waals surface area contributed by atoms with Crippen LogP contribution >= 0.6 is 0 Å². The fourth-order valence-electron chi connectivity index (χ4n) is 3.87. The van der Waals surface area contributed by atoms with Crippen molar-refractivity contribution in [2.75, 3.05) is 32.8 Å². The van der Waals surface area contributed by atoms with Crippen LogP contribution in [-0.2, 0) is 4.74 Å². The lowest BCUT2D eigenvalue weighted by molar-refractivity contribution is 0.183. The van der Waals surface area contributed by atoms with E-state index in [9.17, 15) is 0 Å². The summed E-state index contributed by atoms with van der Waals surface area (Å²) in [5.74, 6) is 1.74. The van der Waals surface area contributed by atoms with Crippen LogP contribution in [0.2, 0.25) is 0 Å². The van der Waals surface area contributed by atoms with Crippen molar-refractivity contribution in [1.82, 2.24) is 19.4 Å². The average Bonchev–Trinajstić information content (AvgIpc) is 3.21. The van der Waals surface area contributed by atoms with E-state index in [4.69, 9.17) is 9.72 Å². The molecule has 2 fully saturated rings. The third-order valence-electron chi connectivity index (χ3n) is 5.06. The van der Waals surface area contributed by atoms with E-state index in [-0.39, 0.29) is 0 Å². The summed E-state index contributed by atoms with van der Waals surface area (Å²) in [6, 6.07) is 4.46. The highest BCUT2D eigenvalue weighted by Gasteiger charge is 2.30. The van der Waals surface area contributed by atoms with Gasteiger partial charge in [0, 0.05) is 25.3 Å². The number of nitrogens with zero attached hydrogens (tertiary/aromatic N) is 4. The maximum atomic E-state index is 5.63. The van der Waals surface area contributed by atoms with Gasteiger partial charge < -0.3 is 14.2 Å². The Bertz CT molecular complexity index is 647. The molecular weight excluding hydrogens is 276 g/mol. The maximum absolute atomic E-state index is 5.63. The molecule has 0 aromatic carbocycles. The standard InChI is InChI=1S/C17H24N4O/c1-2-20-9-4-5-13(11-20)16-19-15-6-3-8-18-17(15)21(16)14-7-10-22-12-14/h3,6,8,13-14H,2,4-5,7,9-12H2,1H3. The Morgan fingerprint density at radius 1 is 1.36 bits per heavy atom. The monoisotopic (exact) mass is 300 g/mol.